The van der Waals surface area contributed by atoms with Crippen LogP contribution in [0.15, 0.2) is 82.8 Å². The summed E-state index contributed by atoms with van der Waals surface area (Å²) in [5.41, 5.74) is 3.44. The molecule has 0 bridgehead atoms. The molecular formula is C26H28ClN3O5S. The summed E-state index contributed by atoms with van der Waals surface area (Å²) >= 11 is 5.92. The number of sulfonamides is 1. The molecule has 1 amide bonds. The quantitative estimate of drug-likeness (QED) is 0.266. The Bertz CT molecular complexity index is 1260. The molecule has 0 heterocycles. The van der Waals surface area contributed by atoms with Gasteiger partial charge in [-0.25, -0.2) is 13.8 Å². The van der Waals surface area contributed by atoms with E-state index in [-0.39, 0.29) is 4.90 Å². The van der Waals surface area contributed by atoms with Crippen LogP contribution in [0, 0.1) is 0 Å². The number of benzene rings is 3. The summed E-state index contributed by atoms with van der Waals surface area (Å²) in [5.74, 6) is 0.724. The zero-order chi connectivity index (χ0) is 26.0. The van der Waals surface area contributed by atoms with Crippen LogP contribution in [-0.4, -0.2) is 40.3 Å². The molecule has 0 saturated carbocycles. The van der Waals surface area contributed by atoms with Gasteiger partial charge in [-0.2, -0.15) is 5.10 Å². The van der Waals surface area contributed by atoms with Crippen molar-refractivity contribution in [2.45, 2.75) is 25.2 Å². The molecule has 8 nitrogen and oxygen atoms in total. The first kappa shape index (κ1) is 27.0. The number of hydrogen-bond acceptors (Lipinski definition) is 6. The molecule has 0 aliphatic rings. The Labute approximate surface area is 216 Å². The van der Waals surface area contributed by atoms with Crippen LogP contribution in [0.1, 0.15) is 25.8 Å². The van der Waals surface area contributed by atoms with Gasteiger partial charge in [0, 0.05) is 5.02 Å². The van der Waals surface area contributed by atoms with Crippen molar-refractivity contribution in [2.24, 2.45) is 5.10 Å². The van der Waals surface area contributed by atoms with Crippen molar-refractivity contribution >= 4 is 39.4 Å². The Morgan fingerprint density at radius 2 is 1.56 bits per heavy atom. The summed E-state index contributed by atoms with van der Waals surface area (Å²) in [6.45, 7) is 4.50. The summed E-state index contributed by atoms with van der Waals surface area (Å²) < 4.78 is 38.8. The predicted molar refractivity (Wildman–Crippen MR) is 142 cm³/mol. The summed E-state index contributed by atoms with van der Waals surface area (Å²) in [7, 11) is -4.07. The number of hydrogen-bond donors (Lipinski definition) is 1. The Kier molecular flexibility index (Phi) is 9.72. The third kappa shape index (κ3) is 7.47. The number of amides is 1. The molecule has 0 atom stereocenters. The predicted octanol–water partition coefficient (Wildman–Crippen LogP) is 4.87. The average Bonchev–Trinajstić information content (AvgIpc) is 2.88. The van der Waals surface area contributed by atoms with E-state index in [0.717, 1.165) is 22.0 Å². The van der Waals surface area contributed by atoms with Gasteiger partial charge in [0.1, 0.15) is 18.0 Å². The minimum atomic E-state index is -4.07. The van der Waals surface area contributed by atoms with Crippen molar-refractivity contribution in [1.29, 1.82) is 0 Å². The fourth-order valence-corrected chi connectivity index (χ4v) is 4.69. The highest BCUT2D eigenvalue weighted by Gasteiger charge is 2.27. The Balaban J connectivity index is 1.76. The van der Waals surface area contributed by atoms with Crippen LogP contribution in [0.4, 0.5) is 5.69 Å². The largest absolute Gasteiger partial charge is 0.494 e. The van der Waals surface area contributed by atoms with E-state index < -0.39 is 22.5 Å². The summed E-state index contributed by atoms with van der Waals surface area (Å²) in [5, 5.41) is 4.36. The standard InChI is InChI=1S/C26H28ClN3O5S/c1-3-17-35-24-11-5-20(6-12-24)18-28-29-26(31)19-30(22-9-13-23(14-10-22)34-4-2)36(32,33)25-15-7-21(27)8-16-25/h5-16,18H,3-4,17,19H2,1-2H3,(H,29,31)/b28-18-. The molecule has 0 aliphatic carbocycles. The number of ether oxygens (including phenoxy) is 2. The zero-order valence-electron chi connectivity index (χ0n) is 20.1. The SMILES string of the molecule is CCCOc1ccc(/C=N\NC(=O)CN(c2ccc(OCC)cc2)S(=O)(=O)c2ccc(Cl)cc2)cc1. The van der Waals surface area contributed by atoms with Crippen molar-refractivity contribution in [3.8, 4) is 11.5 Å². The second kappa shape index (κ2) is 12.9. The molecule has 0 aliphatic heterocycles. The van der Waals surface area contributed by atoms with E-state index in [0.29, 0.717) is 29.7 Å². The molecule has 36 heavy (non-hydrogen) atoms. The zero-order valence-corrected chi connectivity index (χ0v) is 21.6. The van der Waals surface area contributed by atoms with Gasteiger partial charge >= 0.3 is 0 Å². The third-order valence-electron chi connectivity index (χ3n) is 4.88. The molecule has 190 valence electrons. The van der Waals surface area contributed by atoms with E-state index in [4.69, 9.17) is 21.1 Å². The van der Waals surface area contributed by atoms with Gasteiger partial charge in [-0.1, -0.05) is 18.5 Å². The minimum absolute atomic E-state index is 0.00228. The van der Waals surface area contributed by atoms with Crippen LogP contribution in [0.3, 0.4) is 0 Å². The van der Waals surface area contributed by atoms with Crippen molar-refractivity contribution < 1.29 is 22.7 Å². The lowest BCUT2D eigenvalue weighted by molar-refractivity contribution is -0.119. The Morgan fingerprint density at radius 3 is 2.17 bits per heavy atom. The summed E-state index contributed by atoms with van der Waals surface area (Å²) in [6.07, 6.45) is 2.38. The molecule has 0 spiro atoms. The van der Waals surface area contributed by atoms with Gasteiger partial charge in [0.05, 0.1) is 30.0 Å². The van der Waals surface area contributed by atoms with E-state index in [1.807, 2.05) is 26.0 Å². The van der Waals surface area contributed by atoms with E-state index in [1.54, 1.807) is 36.4 Å². The molecular weight excluding hydrogens is 502 g/mol. The lowest BCUT2D eigenvalue weighted by atomic mass is 10.2. The second-order valence-corrected chi connectivity index (χ2v) is 9.90. The van der Waals surface area contributed by atoms with E-state index >= 15 is 0 Å². The van der Waals surface area contributed by atoms with Crippen molar-refractivity contribution in [3.05, 3.63) is 83.4 Å². The average molecular weight is 530 g/mol. The molecule has 0 radical (unpaired) electrons. The van der Waals surface area contributed by atoms with Gasteiger partial charge in [-0.3, -0.25) is 9.10 Å². The molecule has 0 unspecified atom stereocenters. The number of halogens is 1. The van der Waals surface area contributed by atoms with Gasteiger partial charge in [0.2, 0.25) is 0 Å². The van der Waals surface area contributed by atoms with Crippen LogP contribution in [-0.2, 0) is 14.8 Å². The summed E-state index contributed by atoms with van der Waals surface area (Å²) in [4.78, 5) is 12.7. The summed E-state index contributed by atoms with van der Waals surface area (Å²) in [6, 6.07) is 19.4. The lowest BCUT2D eigenvalue weighted by Crippen LogP contribution is -2.39. The number of carbonyl (C=O) groups excluding carboxylic acids is 1. The van der Waals surface area contributed by atoms with Crippen LogP contribution in [0.25, 0.3) is 0 Å². The van der Waals surface area contributed by atoms with Gasteiger partial charge < -0.3 is 9.47 Å². The molecule has 3 rings (SSSR count). The number of rotatable bonds is 12. The third-order valence-corrected chi connectivity index (χ3v) is 6.92. The normalized spacial score (nSPS) is 11.3. The molecule has 0 saturated heterocycles. The highest BCUT2D eigenvalue weighted by Crippen LogP contribution is 2.26. The number of nitrogens with one attached hydrogen (secondary N) is 1. The van der Waals surface area contributed by atoms with Crippen molar-refractivity contribution in [2.75, 3.05) is 24.1 Å². The number of nitrogens with zero attached hydrogens (tertiary/aromatic N) is 2. The van der Waals surface area contributed by atoms with Crippen LogP contribution < -0.4 is 19.2 Å². The van der Waals surface area contributed by atoms with Crippen LogP contribution in [0.2, 0.25) is 5.02 Å². The topological polar surface area (TPSA) is 97.3 Å². The van der Waals surface area contributed by atoms with E-state index in [9.17, 15) is 13.2 Å². The first-order valence-electron chi connectivity index (χ1n) is 11.4. The van der Waals surface area contributed by atoms with Crippen molar-refractivity contribution in [3.63, 3.8) is 0 Å². The van der Waals surface area contributed by atoms with Crippen LogP contribution in [0.5, 0.6) is 11.5 Å². The van der Waals surface area contributed by atoms with Gasteiger partial charge in [-0.05, 0) is 91.7 Å². The lowest BCUT2D eigenvalue weighted by Gasteiger charge is -2.24. The monoisotopic (exact) mass is 529 g/mol. The maximum absolute atomic E-state index is 13.4. The number of hydrazone groups is 1. The first-order valence-corrected chi connectivity index (χ1v) is 13.2. The molecule has 3 aromatic rings. The molecule has 1 N–H and O–H groups in total. The molecule has 0 aromatic heterocycles. The first-order chi connectivity index (χ1) is 17.3. The Morgan fingerprint density at radius 1 is 0.944 bits per heavy atom. The number of anilines is 1. The maximum Gasteiger partial charge on any atom is 0.264 e. The van der Waals surface area contributed by atoms with Gasteiger partial charge in [-0.15, -0.1) is 0 Å². The molecule has 0 fully saturated rings. The highest BCUT2D eigenvalue weighted by atomic mass is 35.5. The second-order valence-electron chi connectivity index (χ2n) is 7.60. The highest BCUT2D eigenvalue weighted by molar-refractivity contribution is 7.92. The molecule has 10 heteroatoms. The van der Waals surface area contributed by atoms with E-state index in [2.05, 4.69) is 10.5 Å². The van der Waals surface area contributed by atoms with Gasteiger partial charge in [0.15, 0.2) is 0 Å². The maximum atomic E-state index is 13.4. The Hall–Kier alpha value is -3.56. The fraction of sp³-hybridized carbons (Fsp3) is 0.231. The van der Waals surface area contributed by atoms with Crippen molar-refractivity contribution in [1.82, 2.24) is 5.43 Å². The number of carbonyl (C=O) groups is 1. The van der Waals surface area contributed by atoms with E-state index in [1.165, 1.54) is 30.5 Å². The van der Waals surface area contributed by atoms with Gasteiger partial charge in [0.25, 0.3) is 15.9 Å². The van der Waals surface area contributed by atoms with Crippen LogP contribution >= 0.6 is 11.6 Å². The minimum Gasteiger partial charge on any atom is -0.494 e. The molecule has 3 aromatic carbocycles. The fourth-order valence-electron chi connectivity index (χ4n) is 3.14. The smallest absolute Gasteiger partial charge is 0.264 e.